The minimum atomic E-state index is -1.38. The van der Waals surface area contributed by atoms with E-state index in [4.69, 9.17) is 0 Å². The number of nitrogens with zero attached hydrogens (tertiary/aromatic N) is 4. The maximum Gasteiger partial charge on any atom is 0.273 e. The first kappa shape index (κ1) is 19.5. The molecule has 3 heterocycles. The van der Waals surface area contributed by atoms with E-state index in [2.05, 4.69) is 22.4 Å². The molecule has 1 fully saturated rings. The van der Waals surface area contributed by atoms with E-state index < -0.39 is 11.6 Å². The molecule has 9 heteroatoms. The first-order valence-corrected chi connectivity index (χ1v) is 10.7. The van der Waals surface area contributed by atoms with Crippen LogP contribution in [0.1, 0.15) is 54.9 Å². The van der Waals surface area contributed by atoms with E-state index in [9.17, 15) is 14.4 Å². The Bertz CT molecular complexity index is 975. The second-order valence-electron chi connectivity index (χ2n) is 7.17. The first-order valence-electron chi connectivity index (χ1n) is 9.90. The SMILES string of the molecule is CCCCc1nnc(NC(=O)[C@@]23CCC(=O)N2c2ccccc2C(=O)N3CC)s1. The number of fused-ring (bicyclic) bond motifs is 3. The monoisotopic (exact) mass is 413 g/mol. The van der Waals surface area contributed by atoms with Crippen LogP contribution >= 0.6 is 11.3 Å². The van der Waals surface area contributed by atoms with Gasteiger partial charge in [-0.05, 0) is 25.5 Å². The minimum absolute atomic E-state index is 0.167. The quantitative estimate of drug-likeness (QED) is 0.786. The van der Waals surface area contributed by atoms with Crippen molar-refractivity contribution in [3.8, 4) is 0 Å². The van der Waals surface area contributed by atoms with Crippen LogP contribution in [-0.4, -0.2) is 45.0 Å². The molecule has 0 saturated carbocycles. The van der Waals surface area contributed by atoms with Gasteiger partial charge in [0.05, 0.1) is 11.3 Å². The van der Waals surface area contributed by atoms with E-state index >= 15 is 0 Å². The number of carbonyl (C=O) groups excluding carboxylic acids is 3. The molecule has 4 rings (SSSR count). The Kier molecular flexibility index (Phi) is 5.08. The predicted molar refractivity (Wildman–Crippen MR) is 110 cm³/mol. The van der Waals surface area contributed by atoms with Gasteiger partial charge in [0.2, 0.25) is 16.7 Å². The average Bonchev–Trinajstić information content (AvgIpc) is 3.32. The lowest BCUT2D eigenvalue weighted by Gasteiger charge is -2.48. The molecule has 1 saturated heterocycles. The second-order valence-corrected chi connectivity index (χ2v) is 8.23. The van der Waals surface area contributed by atoms with Gasteiger partial charge in [-0.3, -0.25) is 24.6 Å². The lowest BCUT2D eigenvalue weighted by molar-refractivity contribution is -0.128. The molecular formula is C20H23N5O3S. The van der Waals surface area contributed by atoms with Crippen molar-refractivity contribution >= 4 is 39.9 Å². The highest BCUT2D eigenvalue weighted by molar-refractivity contribution is 7.15. The van der Waals surface area contributed by atoms with Crippen LogP contribution in [0.3, 0.4) is 0 Å². The summed E-state index contributed by atoms with van der Waals surface area (Å²) in [5.41, 5.74) is -0.460. The van der Waals surface area contributed by atoms with Crippen LogP contribution in [0, 0.1) is 0 Å². The number of likely N-dealkylation sites (N-methyl/N-ethyl adjacent to an activating group) is 1. The van der Waals surface area contributed by atoms with E-state index in [0.29, 0.717) is 22.9 Å². The molecule has 0 spiro atoms. The van der Waals surface area contributed by atoms with E-state index in [1.165, 1.54) is 21.1 Å². The molecule has 3 amide bonds. The zero-order valence-electron chi connectivity index (χ0n) is 16.5. The lowest BCUT2D eigenvalue weighted by atomic mass is 9.95. The zero-order chi connectivity index (χ0) is 20.6. The molecule has 152 valence electrons. The van der Waals surface area contributed by atoms with E-state index in [-0.39, 0.29) is 24.7 Å². The number of nitrogens with one attached hydrogen (secondary N) is 1. The highest BCUT2D eigenvalue weighted by Crippen LogP contribution is 2.44. The van der Waals surface area contributed by atoms with Gasteiger partial charge in [0, 0.05) is 25.8 Å². The number of unbranched alkanes of at least 4 members (excludes halogenated alkanes) is 1. The van der Waals surface area contributed by atoms with Gasteiger partial charge < -0.3 is 4.90 Å². The molecule has 2 aliphatic heterocycles. The van der Waals surface area contributed by atoms with Gasteiger partial charge in [-0.1, -0.05) is 36.8 Å². The van der Waals surface area contributed by atoms with Crippen molar-refractivity contribution in [1.29, 1.82) is 0 Å². The van der Waals surface area contributed by atoms with Gasteiger partial charge in [-0.2, -0.15) is 0 Å². The number of para-hydroxylation sites is 1. The number of hydrogen-bond acceptors (Lipinski definition) is 6. The summed E-state index contributed by atoms with van der Waals surface area (Å²) in [6, 6.07) is 6.95. The van der Waals surface area contributed by atoms with Crippen LogP contribution in [-0.2, 0) is 16.0 Å². The number of rotatable bonds is 6. The third-order valence-corrected chi connectivity index (χ3v) is 6.38. The molecule has 1 aromatic carbocycles. The van der Waals surface area contributed by atoms with Gasteiger partial charge in [0.15, 0.2) is 0 Å². The summed E-state index contributed by atoms with van der Waals surface area (Å²) in [7, 11) is 0. The highest BCUT2D eigenvalue weighted by atomic mass is 32.1. The van der Waals surface area contributed by atoms with Crippen LogP contribution < -0.4 is 10.2 Å². The van der Waals surface area contributed by atoms with E-state index in [1.807, 2.05) is 6.92 Å². The standard InChI is InChI=1S/C20H23N5O3S/c1-3-5-10-15-22-23-19(29-15)21-18(28)20-12-11-16(26)25(20)14-9-7-6-8-13(14)17(27)24(20)4-2/h6-9H,3-5,10-12H2,1-2H3,(H,21,23,28)/t20-/m1/s1. The van der Waals surface area contributed by atoms with Crippen molar-refractivity contribution in [2.75, 3.05) is 16.8 Å². The summed E-state index contributed by atoms with van der Waals surface area (Å²) >= 11 is 1.33. The van der Waals surface area contributed by atoms with Gasteiger partial charge in [0.1, 0.15) is 5.01 Å². The van der Waals surface area contributed by atoms with Crippen molar-refractivity contribution in [2.24, 2.45) is 0 Å². The molecule has 0 radical (unpaired) electrons. The third-order valence-electron chi connectivity index (χ3n) is 5.49. The van der Waals surface area contributed by atoms with Crippen LogP contribution in [0.5, 0.6) is 0 Å². The number of benzene rings is 1. The molecule has 1 N–H and O–H groups in total. The van der Waals surface area contributed by atoms with Crippen molar-refractivity contribution < 1.29 is 14.4 Å². The van der Waals surface area contributed by atoms with Crippen LogP contribution in [0.4, 0.5) is 10.8 Å². The number of carbonyl (C=O) groups is 3. The molecule has 1 atom stereocenters. The average molecular weight is 414 g/mol. The zero-order valence-corrected chi connectivity index (χ0v) is 17.3. The summed E-state index contributed by atoms with van der Waals surface area (Å²) in [5, 5.41) is 12.3. The fourth-order valence-electron chi connectivity index (χ4n) is 4.14. The third kappa shape index (κ3) is 3.00. The summed E-state index contributed by atoms with van der Waals surface area (Å²) in [4.78, 5) is 42.5. The van der Waals surface area contributed by atoms with Crippen molar-refractivity contribution in [3.05, 3.63) is 34.8 Å². The first-order chi connectivity index (χ1) is 14.0. The topological polar surface area (TPSA) is 95.5 Å². The van der Waals surface area contributed by atoms with E-state index in [0.717, 1.165) is 24.3 Å². The van der Waals surface area contributed by atoms with Crippen LogP contribution in [0.2, 0.25) is 0 Å². The minimum Gasteiger partial charge on any atom is -0.307 e. The molecule has 1 aromatic heterocycles. The number of hydrogen-bond donors (Lipinski definition) is 1. The molecule has 8 nitrogen and oxygen atoms in total. The lowest BCUT2D eigenvalue weighted by Crippen LogP contribution is -2.69. The maximum absolute atomic E-state index is 13.5. The highest BCUT2D eigenvalue weighted by Gasteiger charge is 2.60. The molecule has 0 bridgehead atoms. The van der Waals surface area contributed by atoms with Gasteiger partial charge in [-0.25, -0.2) is 0 Å². The summed E-state index contributed by atoms with van der Waals surface area (Å²) < 4.78 is 0. The Hall–Kier alpha value is -2.81. The number of amides is 3. The van der Waals surface area contributed by atoms with Crippen molar-refractivity contribution in [1.82, 2.24) is 15.1 Å². The number of aryl methyl sites for hydroxylation is 1. The predicted octanol–water partition coefficient (Wildman–Crippen LogP) is 2.82. The summed E-state index contributed by atoms with van der Waals surface area (Å²) in [6.45, 7) is 4.23. The normalized spacial score (nSPS) is 20.6. The molecule has 0 aliphatic carbocycles. The summed E-state index contributed by atoms with van der Waals surface area (Å²) in [6.07, 6.45) is 3.31. The smallest absolute Gasteiger partial charge is 0.273 e. The van der Waals surface area contributed by atoms with Gasteiger partial charge in [-0.15, -0.1) is 10.2 Å². The Balaban J connectivity index is 1.71. The Labute approximate surface area is 172 Å². The molecule has 2 aromatic rings. The second kappa shape index (κ2) is 7.55. The van der Waals surface area contributed by atoms with E-state index in [1.54, 1.807) is 24.3 Å². The molecule has 2 aliphatic rings. The number of aromatic nitrogens is 2. The van der Waals surface area contributed by atoms with Crippen LogP contribution in [0.25, 0.3) is 0 Å². The largest absolute Gasteiger partial charge is 0.307 e. The summed E-state index contributed by atoms with van der Waals surface area (Å²) in [5.74, 6) is -0.837. The fraction of sp³-hybridized carbons (Fsp3) is 0.450. The molecule has 29 heavy (non-hydrogen) atoms. The maximum atomic E-state index is 13.5. The van der Waals surface area contributed by atoms with Crippen molar-refractivity contribution in [3.63, 3.8) is 0 Å². The van der Waals surface area contributed by atoms with Gasteiger partial charge in [0.25, 0.3) is 11.8 Å². The fourth-order valence-corrected chi connectivity index (χ4v) is 4.91. The molecular weight excluding hydrogens is 390 g/mol. The van der Waals surface area contributed by atoms with Crippen molar-refractivity contribution in [2.45, 2.75) is 51.6 Å². The molecule has 0 unspecified atom stereocenters. The number of anilines is 2. The Morgan fingerprint density at radius 3 is 2.79 bits per heavy atom. The van der Waals surface area contributed by atoms with Crippen LogP contribution in [0.15, 0.2) is 24.3 Å². The van der Waals surface area contributed by atoms with Gasteiger partial charge >= 0.3 is 0 Å². The Morgan fingerprint density at radius 1 is 1.24 bits per heavy atom. The Morgan fingerprint density at radius 2 is 2.03 bits per heavy atom.